The molecular weight excluding hydrogens is 334 g/mol. The van der Waals surface area contributed by atoms with Crippen LogP contribution in [-0.2, 0) is 0 Å². The van der Waals surface area contributed by atoms with Crippen molar-refractivity contribution in [1.82, 2.24) is 9.80 Å². The smallest absolute Gasteiger partial charge is 0.321 e. The summed E-state index contributed by atoms with van der Waals surface area (Å²) >= 11 is 0. The predicted molar refractivity (Wildman–Crippen MR) is 97.4 cm³/mol. The normalized spacial score (nSPS) is 14.4. The summed E-state index contributed by atoms with van der Waals surface area (Å²) in [6.07, 6.45) is 1.59. The van der Waals surface area contributed by atoms with E-state index >= 15 is 0 Å². The number of urea groups is 1. The number of nitrogens with one attached hydrogen (secondary N) is 1. The minimum atomic E-state index is -0.173. The topological polar surface area (TPSA) is 75.0 Å². The van der Waals surface area contributed by atoms with E-state index in [1.807, 2.05) is 38.1 Å². The van der Waals surface area contributed by atoms with Crippen molar-refractivity contribution in [3.63, 3.8) is 0 Å². The quantitative estimate of drug-likeness (QED) is 0.912. The zero-order valence-corrected chi connectivity index (χ0v) is 15.0. The van der Waals surface area contributed by atoms with Crippen molar-refractivity contribution in [2.75, 3.05) is 31.5 Å². The van der Waals surface area contributed by atoms with Crippen molar-refractivity contribution in [3.8, 4) is 5.75 Å². The number of amides is 3. The standard InChI is InChI=1S/C19H23N3O4/c1-14(2)26-16-7-5-15(6-8-16)20-19(24)22-11-9-21(10-12-22)18(23)17-4-3-13-25-17/h3-8,13-14H,9-12H2,1-2H3,(H,20,24). The molecule has 0 atom stereocenters. The number of hydrogen-bond donors (Lipinski definition) is 1. The van der Waals surface area contributed by atoms with E-state index in [0.717, 1.165) is 5.75 Å². The van der Waals surface area contributed by atoms with Crippen LogP contribution in [0.1, 0.15) is 24.4 Å². The van der Waals surface area contributed by atoms with Crippen LogP contribution >= 0.6 is 0 Å². The summed E-state index contributed by atoms with van der Waals surface area (Å²) in [4.78, 5) is 28.0. The van der Waals surface area contributed by atoms with Crippen LogP contribution in [0.2, 0.25) is 0 Å². The molecule has 3 amide bonds. The fourth-order valence-electron chi connectivity index (χ4n) is 2.76. The molecule has 0 aliphatic carbocycles. The number of piperazine rings is 1. The van der Waals surface area contributed by atoms with Crippen LogP contribution in [0.25, 0.3) is 0 Å². The molecule has 0 radical (unpaired) electrons. The Morgan fingerprint density at radius 2 is 1.69 bits per heavy atom. The number of nitrogens with zero attached hydrogens (tertiary/aromatic N) is 2. The van der Waals surface area contributed by atoms with Gasteiger partial charge in [0.15, 0.2) is 5.76 Å². The highest BCUT2D eigenvalue weighted by molar-refractivity contribution is 5.92. The summed E-state index contributed by atoms with van der Waals surface area (Å²) in [5.74, 6) is 0.949. The maximum Gasteiger partial charge on any atom is 0.321 e. The van der Waals surface area contributed by atoms with E-state index in [1.165, 1.54) is 6.26 Å². The summed E-state index contributed by atoms with van der Waals surface area (Å²) in [6, 6.07) is 10.4. The lowest BCUT2D eigenvalue weighted by atomic mass is 10.3. The van der Waals surface area contributed by atoms with Gasteiger partial charge in [0.2, 0.25) is 0 Å². The van der Waals surface area contributed by atoms with Crippen molar-refractivity contribution in [3.05, 3.63) is 48.4 Å². The lowest BCUT2D eigenvalue weighted by Gasteiger charge is -2.34. The van der Waals surface area contributed by atoms with Gasteiger partial charge in [0.1, 0.15) is 5.75 Å². The summed E-state index contributed by atoms with van der Waals surface area (Å²) in [5.41, 5.74) is 0.709. The van der Waals surface area contributed by atoms with Crippen LogP contribution in [0.15, 0.2) is 47.1 Å². The zero-order valence-electron chi connectivity index (χ0n) is 15.0. The van der Waals surface area contributed by atoms with E-state index in [4.69, 9.17) is 9.15 Å². The SMILES string of the molecule is CC(C)Oc1ccc(NC(=O)N2CCN(C(=O)c3ccco3)CC2)cc1. The van der Waals surface area contributed by atoms with Gasteiger partial charge in [0.25, 0.3) is 5.91 Å². The molecular formula is C19H23N3O4. The van der Waals surface area contributed by atoms with Gasteiger partial charge in [-0.15, -0.1) is 0 Å². The van der Waals surface area contributed by atoms with Gasteiger partial charge in [0, 0.05) is 31.9 Å². The molecule has 1 aliphatic rings. The minimum Gasteiger partial charge on any atom is -0.491 e. The average Bonchev–Trinajstić information content (AvgIpc) is 3.17. The molecule has 0 unspecified atom stereocenters. The number of rotatable bonds is 4. The molecule has 7 nitrogen and oxygen atoms in total. The summed E-state index contributed by atoms with van der Waals surface area (Å²) in [6.45, 7) is 5.85. The molecule has 1 aromatic heterocycles. The summed E-state index contributed by atoms with van der Waals surface area (Å²) < 4.78 is 10.7. The monoisotopic (exact) mass is 357 g/mol. The van der Waals surface area contributed by atoms with Gasteiger partial charge in [0.05, 0.1) is 12.4 Å². The number of benzene rings is 1. The first-order chi connectivity index (χ1) is 12.5. The molecule has 1 saturated heterocycles. The summed E-state index contributed by atoms with van der Waals surface area (Å²) in [5, 5.41) is 2.87. The molecule has 1 N–H and O–H groups in total. The average molecular weight is 357 g/mol. The first kappa shape index (κ1) is 17.8. The molecule has 3 rings (SSSR count). The molecule has 26 heavy (non-hydrogen) atoms. The van der Waals surface area contributed by atoms with E-state index in [0.29, 0.717) is 37.6 Å². The maximum absolute atomic E-state index is 12.4. The molecule has 2 aromatic rings. The number of ether oxygens (including phenoxy) is 1. The van der Waals surface area contributed by atoms with Crippen molar-refractivity contribution < 1.29 is 18.7 Å². The van der Waals surface area contributed by atoms with Crippen molar-refractivity contribution in [2.24, 2.45) is 0 Å². The third-order valence-corrected chi connectivity index (χ3v) is 4.06. The Morgan fingerprint density at radius 1 is 1.04 bits per heavy atom. The highest BCUT2D eigenvalue weighted by Gasteiger charge is 2.26. The Hall–Kier alpha value is -2.96. The minimum absolute atomic E-state index is 0.107. The number of anilines is 1. The second kappa shape index (κ2) is 7.95. The molecule has 0 bridgehead atoms. The van der Waals surface area contributed by atoms with Gasteiger partial charge in [-0.2, -0.15) is 0 Å². The summed E-state index contributed by atoms with van der Waals surface area (Å²) in [7, 11) is 0. The van der Waals surface area contributed by atoms with E-state index in [9.17, 15) is 9.59 Å². The van der Waals surface area contributed by atoms with Crippen LogP contribution in [0.5, 0.6) is 5.75 Å². The second-order valence-electron chi connectivity index (χ2n) is 6.38. The molecule has 1 aromatic carbocycles. The van der Waals surface area contributed by atoms with Gasteiger partial charge in [-0.05, 0) is 50.2 Å². The maximum atomic E-state index is 12.4. The predicted octanol–water partition coefficient (Wildman–Crippen LogP) is 3.06. The second-order valence-corrected chi connectivity index (χ2v) is 6.38. The largest absolute Gasteiger partial charge is 0.491 e. The van der Waals surface area contributed by atoms with Crippen molar-refractivity contribution in [1.29, 1.82) is 0 Å². The third-order valence-electron chi connectivity index (χ3n) is 4.06. The third kappa shape index (κ3) is 4.36. The highest BCUT2D eigenvalue weighted by atomic mass is 16.5. The molecule has 138 valence electrons. The number of carbonyl (C=O) groups excluding carboxylic acids is 2. The Labute approximate surface area is 152 Å². The van der Waals surface area contributed by atoms with Gasteiger partial charge in [-0.3, -0.25) is 4.79 Å². The van der Waals surface area contributed by atoms with Crippen LogP contribution in [0, 0.1) is 0 Å². The molecule has 1 aliphatic heterocycles. The van der Waals surface area contributed by atoms with Gasteiger partial charge in [-0.1, -0.05) is 0 Å². The van der Waals surface area contributed by atoms with E-state index in [-0.39, 0.29) is 18.0 Å². The van der Waals surface area contributed by atoms with E-state index < -0.39 is 0 Å². The number of hydrogen-bond acceptors (Lipinski definition) is 4. The molecule has 7 heteroatoms. The lowest BCUT2D eigenvalue weighted by molar-refractivity contribution is 0.0640. The Kier molecular flexibility index (Phi) is 5.46. The fourth-order valence-corrected chi connectivity index (χ4v) is 2.76. The zero-order chi connectivity index (χ0) is 18.5. The van der Waals surface area contributed by atoms with Gasteiger partial charge in [-0.25, -0.2) is 4.79 Å². The number of carbonyl (C=O) groups is 2. The fraction of sp³-hybridized carbons (Fsp3) is 0.368. The van der Waals surface area contributed by atoms with Crippen LogP contribution in [0.4, 0.5) is 10.5 Å². The first-order valence-electron chi connectivity index (χ1n) is 8.68. The van der Waals surface area contributed by atoms with Gasteiger partial charge < -0.3 is 24.3 Å². The van der Waals surface area contributed by atoms with Crippen LogP contribution < -0.4 is 10.1 Å². The Bertz CT molecular complexity index is 733. The molecule has 0 spiro atoms. The lowest BCUT2D eigenvalue weighted by Crippen LogP contribution is -2.51. The molecule has 1 fully saturated rings. The van der Waals surface area contributed by atoms with Gasteiger partial charge >= 0.3 is 6.03 Å². The first-order valence-corrected chi connectivity index (χ1v) is 8.68. The molecule has 2 heterocycles. The van der Waals surface area contributed by atoms with E-state index in [1.54, 1.807) is 21.9 Å². The Balaban J connectivity index is 1.50. The Morgan fingerprint density at radius 3 is 2.27 bits per heavy atom. The van der Waals surface area contributed by atoms with Crippen LogP contribution in [0.3, 0.4) is 0 Å². The van der Waals surface area contributed by atoms with Crippen molar-refractivity contribution >= 4 is 17.6 Å². The molecule has 0 saturated carbocycles. The van der Waals surface area contributed by atoms with Crippen LogP contribution in [-0.4, -0.2) is 54.0 Å². The number of furan rings is 1. The van der Waals surface area contributed by atoms with Crippen molar-refractivity contribution in [2.45, 2.75) is 20.0 Å². The highest BCUT2D eigenvalue weighted by Crippen LogP contribution is 2.18. The van der Waals surface area contributed by atoms with E-state index in [2.05, 4.69) is 5.32 Å².